The molecular weight excluding hydrogens is 317 g/mol. The van der Waals surface area contributed by atoms with Gasteiger partial charge in [0, 0.05) is 19.5 Å². The molecule has 0 fully saturated rings. The Balaban J connectivity index is 0.000000324. The topological polar surface area (TPSA) is 0 Å². The van der Waals surface area contributed by atoms with Crippen molar-refractivity contribution in [3.63, 3.8) is 0 Å². The molecule has 0 unspecified atom stereocenters. The summed E-state index contributed by atoms with van der Waals surface area (Å²) in [6.07, 6.45) is 15.5. The van der Waals surface area contributed by atoms with Gasteiger partial charge in [0.25, 0.3) is 0 Å². The standard InChI is InChI=1S/2C9H14.Ru/c2*1-9(2,3)8-6-4-5-7-8;/h2*4-6H,7H2,1-3H3;. The minimum absolute atomic E-state index is 0. The summed E-state index contributed by atoms with van der Waals surface area (Å²) < 4.78 is 0. The van der Waals surface area contributed by atoms with E-state index in [1.54, 1.807) is 11.1 Å². The Morgan fingerprint density at radius 2 is 1.00 bits per heavy atom. The quantitative estimate of drug-likeness (QED) is 0.484. The number of hydrogen-bond acceptors (Lipinski definition) is 0. The molecule has 0 aromatic carbocycles. The minimum atomic E-state index is 0. The molecule has 0 heterocycles. The average Bonchev–Trinajstić information content (AvgIpc) is 2.91. The molecule has 0 bridgehead atoms. The molecule has 0 aromatic rings. The van der Waals surface area contributed by atoms with Crippen LogP contribution in [-0.4, -0.2) is 0 Å². The van der Waals surface area contributed by atoms with Crippen LogP contribution in [0.2, 0.25) is 0 Å². The van der Waals surface area contributed by atoms with E-state index in [9.17, 15) is 0 Å². The molecule has 1 heteroatoms. The van der Waals surface area contributed by atoms with E-state index < -0.39 is 0 Å². The van der Waals surface area contributed by atoms with E-state index in [1.807, 2.05) is 0 Å². The van der Waals surface area contributed by atoms with Crippen LogP contribution in [-0.2, 0) is 19.5 Å². The second-order valence-electron chi connectivity index (χ2n) is 7.15. The van der Waals surface area contributed by atoms with Gasteiger partial charge >= 0.3 is 0 Å². The van der Waals surface area contributed by atoms with Crippen LogP contribution in [0, 0.1) is 10.8 Å². The van der Waals surface area contributed by atoms with Crippen molar-refractivity contribution in [1.82, 2.24) is 0 Å². The molecule has 2 aliphatic rings. The molecule has 0 N–H and O–H groups in total. The van der Waals surface area contributed by atoms with Gasteiger partial charge in [-0.05, 0) is 23.7 Å². The van der Waals surface area contributed by atoms with Crippen molar-refractivity contribution in [2.45, 2.75) is 54.4 Å². The SMILES string of the molecule is CC(C)(C)C1=CC=CC1.CC(C)(C)C1=CC=CC1.[Ru]. The molecule has 19 heavy (non-hydrogen) atoms. The summed E-state index contributed by atoms with van der Waals surface area (Å²) in [6.45, 7) is 13.5. The smallest absolute Gasteiger partial charge is 0 e. The van der Waals surface area contributed by atoms with E-state index in [1.165, 1.54) is 0 Å². The van der Waals surface area contributed by atoms with E-state index in [0.29, 0.717) is 10.8 Å². The molecule has 0 saturated carbocycles. The summed E-state index contributed by atoms with van der Waals surface area (Å²) in [5.41, 5.74) is 3.84. The molecule has 0 spiro atoms. The van der Waals surface area contributed by atoms with Crippen LogP contribution in [0.3, 0.4) is 0 Å². The number of rotatable bonds is 0. The van der Waals surface area contributed by atoms with Crippen molar-refractivity contribution in [3.8, 4) is 0 Å². The Hall–Kier alpha value is -0.417. The first-order valence-electron chi connectivity index (χ1n) is 6.93. The van der Waals surface area contributed by atoms with Gasteiger partial charge in [-0.3, -0.25) is 0 Å². The molecule has 108 valence electrons. The van der Waals surface area contributed by atoms with Gasteiger partial charge in [-0.25, -0.2) is 0 Å². The van der Waals surface area contributed by atoms with Crippen molar-refractivity contribution < 1.29 is 19.5 Å². The molecule has 0 saturated heterocycles. The molecule has 0 radical (unpaired) electrons. The fraction of sp³-hybridized carbons (Fsp3) is 0.556. The maximum atomic E-state index is 2.26. The Labute approximate surface area is 132 Å². The maximum Gasteiger partial charge on any atom is 0 e. The van der Waals surface area contributed by atoms with Gasteiger partial charge in [0.15, 0.2) is 0 Å². The van der Waals surface area contributed by atoms with E-state index in [-0.39, 0.29) is 19.5 Å². The molecular formula is C18H28Ru. The normalized spacial score (nSPS) is 17.4. The summed E-state index contributed by atoms with van der Waals surface area (Å²) in [6, 6.07) is 0. The fourth-order valence-corrected chi connectivity index (χ4v) is 2.01. The monoisotopic (exact) mass is 346 g/mol. The first-order valence-corrected chi connectivity index (χ1v) is 6.93. The maximum absolute atomic E-state index is 2.26. The van der Waals surface area contributed by atoms with Crippen LogP contribution in [0.15, 0.2) is 47.6 Å². The van der Waals surface area contributed by atoms with Gasteiger partial charge in [0.2, 0.25) is 0 Å². The van der Waals surface area contributed by atoms with Crippen LogP contribution in [0.1, 0.15) is 54.4 Å². The summed E-state index contributed by atoms with van der Waals surface area (Å²) >= 11 is 0. The molecule has 2 aliphatic carbocycles. The van der Waals surface area contributed by atoms with Gasteiger partial charge in [0.1, 0.15) is 0 Å². The molecule has 0 aliphatic heterocycles. The van der Waals surface area contributed by atoms with Gasteiger partial charge in [-0.15, -0.1) is 0 Å². The van der Waals surface area contributed by atoms with E-state index >= 15 is 0 Å². The van der Waals surface area contributed by atoms with Crippen LogP contribution >= 0.6 is 0 Å². The summed E-state index contributed by atoms with van der Waals surface area (Å²) in [7, 11) is 0. The third-order valence-corrected chi connectivity index (χ3v) is 3.47. The second-order valence-corrected chi connectivity index (χ2v) is 7.15. The van der Waals surface area contributed by atoms with Gasteiger partial charge in [0.05, 0.1) is 0 Å². The van der Waals surface area contributed by atoms with Crippen LogP contribution in [0.4, 0.5) is 0 Å². The zero-order chi connectivity index (χ0) is 13.8. The molecule has 2 rings (SSSR count). The van der Waals surface area contributed by atoms with Crippen LogP contribution in [0.5, 0.6) is 0 Å². The van der Waals surface area contributed by atoms with E-state index in [2.05, 4.69) is 78.0 Å². The number of hydrogen-bond donors (Lipinski definition) is 0. The summed E-state index contributed by atoms with van der Waals surface area (Å²) in [5.74, 6) is 0. The third-order valence-electron chi connectivity index (χ3n) is 3.47. The van der Waals surface area contributed by atoms with E-state index in [0.717, 1.165) is 12.8 Å². The Bertz CT molecular complexity index is 352. The number of allylic oxidation sites excluding steroid dienone is 8. The van der Waals surface area contributed by atoms with Gasteiger partial charge in [-0.1, -0.05) is 89.1 Å². The third kappa shape index (κ3) is 6.52. The van der Waals surface area contributed by atoms with Gasteiger partial charge in [-0.2, -0.15) is 0 Å². The Kier molecular flexibility index (Phi) is 7.23. The van der Waals surface area contributed by atoms with E-state index in [4.69, 9.17) is 0 Å². The van der Waals surface area contributed by atoms with Crippen molar-refractivity contribution in [3.05, 3.63) is 47.6 Å². The largest absolute Gasteiger partial charge is 0.0804 e. The van der Waals surface area contributed by atoms with Crippen molar-refractivity contribution in [1.29, 1.82) is 0 Å². The van der Waals surface area contributed by atoms with Crippen LogP contribution in [0.25, 0.3) is 0 Å². The first-order chi connectivity index (χ1) is 8.21. The molecule has 0 nitrogen and oxygen atoms in total. The second kappa shape index (κ2) is 7.39. The van der Waals surface area contributed by atoms with Crippen molar-refractivity contribution >= 4 is 0 Å². The van der Waals surface area contributed by atoms with Crippen LogP contribution < -0.4 is 0 Å². The summed E-state index contributed by atoms with van der Waals surface area (Å²) in [5, 5.41) is 0. The molecule has 0 atom stereocenters. The Morgan fingerprint density at radius 1 is 0.684 bits per heavy atom. The van der Waals surface area contributed by atoms with Crippen molar-refractivity contribution in [2.24, 2.45) is 10.8 Å². The zero-order valence-corrected chi connectivity index (χ0v) is 15.0. The first kappa shape index (κ1) is 18.6. The predicted octanol–water partition coefficient (Wildman–Crippen LogP) is 5.84. The predicted molar refractivity (Wildman–Crippen MR) is 82.6 cm³/mol. The fourth-order valence-electron chi connectivity index (χ4n) is 2.01. The van der Waals surface area contributed by atoms with Gasteiger partial charge < -0.3 is 0 Å². The van der Waals surface area contributed by atoms with Crippen molar-refractivity contribution in [2.75, 3.05) is 0 Å². The zero-order valence-electron chi connectivity index (χ0n) is 13.2. The average molecular weight is 345 g/mol. The molecule has 0 aromatic heterocycles. The Morgan fingerprint density at radius 3 is 1.11 bits per heavy atom. The summed E-state index contributed by atoms with van der Waals surface area (Å²) in [4.78, 5) is 0. The molecule has 0 amide bonds. The minimum Gasteiger partial charge on any atom is -0.0804 e.